The molecule has 0 unspecified atom stereocenters. The van der Waals surface area contributed by atoms with Crippen LogP contribution < -0.4 is 4.74 Å². The number of carbonyl (C=O) groups excluding carboxylic acids is 2. The van der Waals surface area contributed by atoms with E-state index < -0.39 is 51.8 Å². The van der Waals surface area contributed by atoms with Gasteiger partial charge in [-0.15, -0.1) is 0 Å². The van der Waals surface area contributed by atoms with Gasteiger partial charge in [-0.3, -0.25) is 4.79 Å². The van der Waals surface area contributed by atoms with Crippen molar-refractivity contribution in [1.29, 1.82) is 0 Å². The number of aromatic carboxylic acids is 1. The Morgan fingerprint density at radius 3 is 1.97 bits per heavy atom. The Morgan fingerprint density at radius 2 is 1.48 bits per heavy atom. The molecule has 0 saturated carbocycles. The average molecular weight is 425 g/mol. The van der Waals surface area contributed by atoms with E-state index >= 15 is 0 Å². The van der Waals surface area contributed by atoms with Gasteiger partial charge in [0.15, 0.2) is 23.5 Å². The predicted octanol–water partition coefficient (Wildman–Crippen LogP) is 3.47. The normalized spacial score (nSPS) is 10.5. The van der Waals surface area contributed by atoms with Gasteiger partial charge < -0.3 is 29.9 Å². The molecule has 0 atom stereocenters. The lowest BCUT2D eigenvalue weighted by atomic mass is 9.99. The predicted molar refractivity (Wildman–Crippen MR) is 101 cm³/mol. The summed E-state index contributed by atoms with van der Waals surface area (Å²) in [6, 6.07) is 0. The number of esters is 1. The molecule has 0 fully saturated rings. The number of carboxylic acids is 1. The molecule has 0 heterocycles. The fourth-order valence-corrected chi connectivity index (χ4v) is 3.00. The molecule has 29 heavy (non-hydrogen) atoms. The van der Waals surface area contributed by atoms with Gasteiger partial charge >= 0.3 is 11.9 Å². The third-order valence-electron chi connectivity index (χ3n) is 4.44. The molecule has 0 radical (unpaired) electrons. The molecular weight excluding hydrogens is 408 g/mol. The minimum Gasteiger partial charge on any atom is -0.507 e. The van der Waals surface area contributed by atoms with E-state index in [1.807, 2.05) is 0 Å². The number of ether oxygens (including phenoxy) is 2. The number of halogens is 1. The number of carbonyl (C=O) groups is 3. The van der Waals surface area contributed by atoms with Crippen LogP contribution in [0.3, 0.4) is 0 Å². The van der Waals surface area contributed by atoms with Crippen LogP contribution in [0.25, 0.3) is 0 Å². The fourth-order valence-electron chi connectivity index (χ4n) is 2.81. The molecule has 0 spiro atoms. The van der Waals surface area contributed by atoms with Crippen molar-refractivity contribution in [2.45, 2.75) is 20.8 Å². The van der Waals surface area contributed by atoms with E-state index in [9.17, 15) is 34.8 Å². The highest BCUT2D eigenvalue weighted by atomic mass is 35.5. The summed E-state index contributed by atoms with van der Waals surface area (Å²) in [4.78, 5) is 35.3. The summed E-state index contributed by atoms with van der Waals surface area (Å²) in [6.07, 6.45) is 0.142. The van der Waals surface area contributed by atoms with E-state index in [2.05, 4.69) is 4.74 Å². The number of phenols is 3. The number of aromatic hydroxyl groups is 3. The zero-order valence-electron chi connectivity index (χ0n) is 15.8. The van der Waals surface area contributed by atoms with Crippen LogP contribution in [-0.2, 0) is 4.74 Å². The van der Waals surface area contributed by atoms with Crippen LogP contribution in [0.4, 0.5) is 0 Å². The molecule has 0 saturated heterocycles. The van der Waals surface area contributed by atoms with Crippen LogP contribution in [0.5, 0.6) is 28.7 Å². The number of phenolic OH excluding ortho intramolecular Hbond substituents is 3. The van der Waals surface area contributed by atoms with Gasteiger partial charge in [0.25, 0.3) is 0 Å². The molecule has 0 aliphatic carbocycles. The number of methoxy groups -OCH3 is 1. The van der Waals surface area contributed by atoms with Crippen LogP contribution in [0, 0.1) is 20.8 Å². The van der Waals surface area contributed by atoms with Gasteiger partial charge in [-0.1, -0.05) is 11.6 Å². The van der Waals surface area contributed by atoms with Crippen molar-refractivity contribution in [2.75, 3.05) is 7.11 Å². The highest BCUT2D eigenvalue weighted by molar-refractivity contribution is 6.34. The second-order valence-electron chi connectivity index (χ2n) is 6.07. The van der Waals surface area contributed by atoms with Crippen molar-refractivity contribution in [2.24, 2.45) is 0 Å². The molecule has 154 valence electrons. The van der Waals surface area contributed by atoms with E-state index in [1.54, 1.807) is 0 Å². The minimum absolute atomic E-state index is 0.0851. The SMILES string of the molecule is COC(=O)c1c(C)c(Oc2c(C=O)c(O)c(Cl)c(C)c2C(=O)O)c(O)c(C)c1O. The Morgan fingerprint density at radius 1 is 0.897 bits per heavy atom. The van der Waals surface area contributed by atoms with Crippen LogP contribution in [0.15, 0.2) is 0 Å². The molecule has 4 N–H and O–H groups in total. The van der Waals surface area contributed by atoms with E-state index in [4.69, 9.17) is 16.3 Å². The van der Waals surface area contributed by atoms with E-state index in [-0.39, 0.29) is 33.6 Å². The first-order valence-electron chi connectivity index (χ1n) is 8.04. The first kappa shape index (κ1) is 21.8. The molecule has 2 aromatic carbocycles. The van der Waals surface area contributed by atoms with Gasteiger partial charge in [0.05, 0.1) is 12.1 Å². The standard InChI is InChI=1S/C19H17ClO9/c1-6-11(18(25)26)17(9(5-21)15(24)12(6)20)29-16-7(2)10(19(27)28-4)13(22)8(3)14(16)23/h5,22-24H,1-4H3,(H,25,26). The fraction of sp³-hybridized carbons (Fsp3) is 0.211. The second kappa shape index (κ2) is 7.88. The Kier molecular flexibility index (Phi) is 5.93. The molecule has 2 rings (SSSR count). The van der Waals surface area contributed by atoms with Gasteiger partial charge in [-0.2, -0.15) is 0 Å². The van der Waals surface area contributed by atoms with Gasteiger partial charge in [0.1, 0.15) is 28.2 Å². The molecular formula is C19H17ClO9. The van der Waals surface area contributed by atoms with Crippen LogP contribution in [-0.4, -0.2) is 45.8 Å². The quantitative estimate of drug-likeness (QED) is 0.417. The summed E-state index contributed by atoms with van der Waals surface area (Å²) >= 11 is 5.91. The van der Waals surface area contributed by atoms with Crippen molar-refractivity contribution < 1.29 is 44.3 Å². The summed E-state index contributed by atoms with van der Waals surface area (Å²) < 4.78 is 10.2. The summed E-state index contributed by atoms with van der Waals surface area (Å²) in [5, 5.41) is 40.0. The number of aldehydes is 1. The second-order valence-corrected chi connectivity index (χ2v) is 6.45. The number of hydrogen-bond acceptors (Lipinski definition) is 8. The van der Waals surface area contributed by atoms with Crippen molar-refractivity contribution in [3.05, 3.63) is 38.4 Å². The van der Waals surface area contributed by atoms with Crippen LogP contribution in [0.1, 0.15) is 47.8 Å². The maximum atomic E-state index is 12.0. The Bertz CT molecular complexity index is 1060. The summed E-state index contributed by atoms with van der Waals surface area (Å²) in [5.74, 6) is -5.31. The monoisotopic (exact) mass is 424 g/mol. The van der Waals surface area contributed by atoms with Crippen molar-refractivity contribution >= 4 is 29.8 Å². The highest BCUT2D eigenvalue weighted by Gasteiger charge is 2.30. The van der Waals surface area contributed by atoms with E-state index in [1.165, 1.54) is 20.8 Å². The summed E-state index contributed by atoms with van der Waals surface area (Å²) in [6.45, 7) is 3.89. The summed E-state index contributed by atoms with van der Waals surface area (Å²) in [7, 11) is 1.08. The minimum atomic E-state index is -1.51. The largest absolute Gasteiger partial charge is 0.507 e. The molecule has 9 nitrogen and oxygen atoms in total. The topological polar surface area (TPSA) is 151 Å². The highest BCUT2D eigenvalue weighted by Crippen LogP contribution is 2.48. The Labute approximate surface area is 169 Å². The smallest absolute Gasteiger partial charge is 0.342 e. The Balaban J connectivity index is 2.92. The molecule has 0 aromatic heterocycles. The van der Waals surface area contributed by atoms with Gasteiger partial charge in [0, 0.05) is 11.1 Å². The summed E-state index contributed by atoms with van der Waals surface area (Å²) in [5.41, 5.74) is -1.74. The molecule has 0 aliphatic rings. The van der Waals surface area contributed by atoms with E-state index in [0.717, 1.165) is 7.11 Å². The van der Waals surface area contributed by atoms with Gasteiger partial charge in [-0.05, 0) is 26.3 Å². The van der Waals surface area contributed by atoms with Gasteiger partial charge in [0.2, 0.25) is 0 Å². The number of rotatable bonds is 5. The third kappa shape index (κ3) is 3.40. The molecule has 2 aromatic rings. The molecule has 0 aliphatic heterocycles. The average Bonchev–Trinajstić information content (AvgIpc) is 2.67. The zero-order chi connectivity index (χ0) is 22.2. The van der Waals surface area contributed by atoms with Gasteiger partial charge in [-0.25, -0.2) is 9.59 Å². The number of carboxylic acid groups (broad SMARTS) is 1. The molecule has 0 amide bonds. The van der Waals surface area contributed by atoms with Crippen LogP contribution in [0.2, 0.25) is 5.02 Å². The van der Waals surface area contributed by atoms with Crippen molar-refractivity contribution in [3.8, 4) is 28.7 Å². The van der Waals surface area contributed by atoms with Crippen molar-refractivity contribution in [3.63, 3.8) is 0 Å². The third-order valence-corrected chi connectivity index (χ3v) is 4.90. The molecule has 0 bridgehead atoms. The lowest BCUT2D eigenvalue weighted by molar-refractivity contribution is 0.0594. The first-order chi connectivity index (χ1) is 13.5. The maximum Gasteiger partial charge on any atom is 0.342 e. The van der Waals surface area contributed by atoms with E-state index in [0.29, 0.717) is 0 Å². The van der Waals surface area contributed by atoms with Crippen LogP contribution >= 0.6 is 11.6 Å². The maximum absolute atomic E-state index is 12.0. The van der Waals surface area contributed by atoms with Crippen molar-refractivity contribution in [1.82, 2.24) is 0 Å². The Hall–Kier alpha value is -3.46. The number of benzene rings is 2. The molecule has 10 heteroatoms. The lowest BCUT2D eigenvalue weighted by Crippen LogP contribution is -2.10. The number of hydrogen-bond donors (Lipinski definition) is 4. The zero-order valence-corrected chi connectivity index (χ0v) is 16.5. The first-order valence-corrected chi connectivity index (χ1v) is 8.41. The lowest BCUT2D eigenvalue weighted by Gasteiger charge is -2.20.